The fourth-order valence-corrected chi connectivity index (χ4v) is 7.38. The van der Waals surface area contributed by atoms with Crippen molar-refractivity contribution in [3.8, 4) is 0 Å². The average molecular weight is 291 g/mol. The highest BCUT2D eigenvalue weighted by Gasteiger charge is 2.59. The van der Waals surface area contributed by atoms with Crippen LogP contribution >= 0.6 is 0 Å². The monoisotopic (exact) mass is 291 g/mol. The molecule has 0 radical (unpaired) electrons. The van der Waals surface area contributed by atoms with Gasteiger partial charge in [-0.2, -0.15) is 0 Å². The molecule has 5 aliphatic rings. The first-order chi connectivity index (χ1) is 9.99. The molecule has 3 unspecified atom stereocenters. The lowest BCUT2D eigenvalue weighted by molar-refractivity contribution is -0.147. The Morgan fingerprint density at radius 3 is 2.43 bits per heavy atom. The van der Waals surface area contributed by atoms with E-state index in [2.05, 4.69) is 19.2 Å². The molecule has 4 saturated carbocycles. The topological polar surface area (TPSA) is 21.3 Å². The first-order valence-corrected chi connectivity index (χ1v) is 9.31. The summed E-state index contributed by atoms with van der Waals surface area (Å²) in [5, 5.41) is 3.70. The van der Waals surface area contributed by atoms with Crippen molar-refractivity contribution in [1.82, 2.24) is 5.32 Å². The second-order valence-corrected chi connectivity index (χ2v) is 9.72. The Bertz CT molecular complexity index is 382. The van der Waals surface area contributed by atoms with Gasteiger partial charge in [0.15, 0.2) is 0 Å². The summed E-state index contributed by atoms with van der Waals surface area (Å²) in [6.07, 6.45) is 13.5. The van der Waals surface area contributed by atoms with Crippen LogP contribution in [0.2, 0.25) is 0 Å². The molecule has 1 aliphatic heterocycles. The highest BCUT2D eigenvalue weighted by atomic mass is 16.5. The summed E-state index contributed by atoms with van der Waals surface area (Å²) in [5.74, 6) is 1.04. The Hall–Kier alpha value is -0.0800. The molecule has 0 aromatic carbocycles. The largest absolute Gasteiger partial charge is 0.377 e. The molecule has 4 bridgehead atoms. The fraction of sp³-hybridized carbons (Fsp3) is 1.00. The van der Waals surface area contributed by atoms with Gasteiger partial charge < -0.3 is 10.1 Å². The van der Waals surface area contributed by atoms with Gasteiger partial charge in [-0.15, -0.1) is 0 Å². The van der Waals surface area contributed by atoms with Crippen LogP contribution in [0.15, 0.2) is 0 Å². The maximum Gasteiger partial charge on any atom is 0.0700 e. The summed E-state index contributed by atoms with van der Waals surface area (Å²) >= 11 is 0. The summed E-state index contributed by atoms with van der Waals surface area (Å²) in [7, 11) is 0. The number of hydrogen-bond donors (Lipinski definition) is 1. The number of rotatable bonds is 5. The van der Waals surface area contributed by atoms with Gasteiger partial charge in [0.05, 0.1) is 6.10 Å². The van der Waals surface area contributed by atoms with Gasteiger partial charge in [0.2, 0.25) is 0 Å². The molecule has 4 aliphatic carbocycles. The van der Waals surface area contributed by atoms with E-state index in [1.165, 1.54) is 64.3 Å². The van der Waals surface area contributed by atoms with Crippen molar-refractivity contribution in [2.24, 2.45) is 22.2 Å². The highest BCUT2D eigenvalue weighted by molar-refractivity contribution is 5.10. The van der Waals surface area contributed by atoms with Gasteiger partial charge in [0.1, 0.15) is 0 Å². The summed E-state index contributed by atoms with van der Waals surface area (Å²) in [4.78, 5) is 0. The van der Waals surface area contributed by atoms with Crippen molar-refractivity contribution in [2.75, 3.05) is 19.7 Å². The molecule has 0 aromatic rings. The molecule has 0 spiro atoms. The molecule has 0 amide bonds. The number of hydrogen-bond acceptors (Lipinski definition) is 2. The van der Waals surface area contributed by atoms with E-state index in [1.807, 2.05) is 0 Å². The third kappa shape index (κ3) is 2.79. The predicted octanol–water partition coefficient (Wildman–Crippen LogP) is 4.14. The van der Waals surface area contributed by atoms with Crippen LogP contribution in [0.4, 0.5) is 0 Å². The quantitative estimate of drug-likeness (QED) is 0.769. The Labute approximate surface area is 130 Å². The first-order valence-electron chi connectivity index (χ1n) is 9.31. The molecule has 1 N–H and O–H groups in total. The molecular weight excluding hydrogens is 258 g/mol. The molecule has 3 atom stereocenters. The Kier molecular flexibility index (Phi) is 3.43. The Morgan fingerprint density at radius 2 is 1.81 bits per heavy atom. The number of ether oxygens (including phenoxy) is 1. The van der Waals surface area contributed by atoms with E-state index < -0.39 is 0 Å². The van der Waals surface area contributed by atoms with Crippen LogP contribution < -0.4 is 5.32 Å². The van der Waals surface area contributed by atoms with Crippen LogP contribution in [0.3, 0.4) is 0 Å². The minimum absolute atomic E-state index is 0.497. The fourth-order valence-electron chi connectivity index (χ4n) is 7.38. The van der Waals surface area contributed by atoms with Gasteiger partial charge in [0.25, 0.3) is 0 Å². The molecule has 1 saturated heterocycles. The van der Waals surface area contributed by atoms with Crippen molar-refractivity contribution in [3.63, 3.8) is 0 Å². The minimum Gasteiger partial charge on any atom is -0.377 e. The summed E-state index contributed by atoms with van der Waals surface area (Å²) in [5.41, 5.74) is 2.01. The second-order valence-electron chi connectivity index (χ2n) is 9.72. The SMILES string of the molecule is CC12CC3CC(C)(C1)CC(CCNCC1CCCO1)(C3)C2. The van der Waals surface area contributed by atoms with Gasteiger partial charge in [0, 0.05) is 13.2 Å². The summed E-state index contributed by atoms with van der Waals surface area (Å²) < 4.78 is 5.72. The van der Waals surface area contributed by atoms with Crippen molar-refractivity contribution in [3.05, 3.63) is 0 Å². The van der Waals surface area contributed by atoms with Crippen LogP contribution in [0.25, 0.3) is 0 Å². The summed E-state index contributed by atoms with van der Waals surface area (Å²) in [6, 6.07) is 0. The zero-order valence-electron chi connectivity index (χ0n) is 14.0. The molecule has 5 fully saturated rings. The lowest BCUT2D eigenvalue weighted by atomic mass is 9.40. The normalized spacial score (nSPS) is 51.7. The van der Waals surface area contributed by atoms with E-state index in [0.29, 0.717) is 22.3 Å². The number of nitrogens with one attached hydrogen (secondary N) is 1. The molecular formula is C19H33NO. The third-order valence-electron chi connectivity index (χ3n) is 6.97. The smallest absolute Gasteiger partial charge is 0.0700 e. The molecule has 1 heterocycles. The first kappa shape index (κ1) is 14.5. The Morgan fingerprint density at radius 1 is 1.05 bits per heavy atom. The van der Waals surface area contributed by atoms with E-state index in [-0.39, 0.29) is 0 Å². The minimum atomic E-state index is 0.497. The second kappa shape index (κ2) is 4.96. The van der Waals surface area contributed by atoms with Crippen molar-refractivity contribution in [1.29, 1.82) is 0 Å². The third-order valence-corrected chi connectivity index (χ3v) is 6.97. The molecule has 2 nitrogen and oxygen atoms in total. The zero-order valence-corrected chi connectivity index (χ0v) is 14.0. The lowest BCUT2D eigenvalue weighted by Crippen LogP contribution is -2.55. The maximum atomic E-state index is 5.72. The van der Waals surface area contributed by atoms with Gasteiger partial charge in [-0.1, -0.05) is 13.8 Å². The standard InChI is InChI=1S/C19H33NO/c1-17-8-15-9-18(2,12-17)14-19(10-15,13-17)5-6-20-11-16-4-3-7-21-16/h15-16,20H,3-14H2,1-2H3. The van der Waals surface area contributed by atoms with Crippen molar-refractivity contribution < 1.29 is 4.74 Å². The van der Waals surface area contributed by atoms with E-state index in [0.717, 1.165) is 19.1 Å². The summed E-state index contributed by atoms with van der Waals surface area (Å²) in [6.45, 7) is 8.44. The lowest BCUT2D eigenvalue weighted by Gasteiger charge is -2.65. The van der Waals surface area contributed by atoms with Crippen LogP contribution in [0, 0.1) is 22.2 Å². The predicted molar refractivity (Wildman–Crippen MR) is 86.3 cm³/mol. The van der Waals surface area contributed by atoms with E-state index in [1.54, 1.807) is 0 Å². The molecule has 21 heavy (non-hydrogen) atoms. The van der Waals surface area contributed by atoms with Crippen LogP contribution in [-0.4, -0.2) is 25.8 Å². The highest BCUT2D eigenvalue weighted by Crippen LogP contribution is 2.70. The van der Waals surface area contributed by atoms with Gasteiger partial charge >= 0.3 is 0 Å². The van der Waals surface area contributed by atoms with Crippen molar-refractivity contribution in [2.45, 2.75) is 77.7 Å². The van der Waals surface area contributed by atoms with Crippen molar-refractivity contribution >= 4 is 0 Å². The van der Waals surface area contributed by atoms with E-state index in [9.17, 15) is 0 Å². The zero-order chi connectivity index (χ0) is 14.6. The van der Waals surface area contributed by atoms with Crippen LogP contribution in [-0.2, 0) is 4.74 Å². The van der Waals surface area contributed by atoms with E-state index in [4.69, 9.17) is 4.74 Å². The van der Waals surface area contributed by atoms with Gasteiger partial charge in [-0.3, -0.25) is 0 Å². The molecule has 120 valence electrons. The van der Waals surface area contributed by atoms with Crippen LogP contribution in [0.5, 0.6) is 0 Å². The average Bonchev–Trinajstić information content (AvgIpc) is 2.83. The Balaban J connectivity index is 1.34. The molecule has 0 aromatic heterocycles. The molecule has 2 heteroatoms. The van der Waals surface area contributed by atoms with Crippen LogP contribution in [0.1, 0.15) is 71.6 Å². The maximum absolute atomic E-state index is 5.72. The van der Waals surface area contributed by atoms with Gasteiger partial charge in [-0.25, -0.2) is 0 Å². The van der Waals surface area contributed by atoms with Gasteiger partial charge in [-0.05, 0) is 86.5 Å². The van der Waals surface area contributed by atoms with E-state index >= 15 is 0 Å². The molecule has 5 rings (SSSR count).